The number of carboxylic acid groups (broad SMARTS) is 1. The molecule has 1 saturated heterocycles. The highest BCUT2D eigenvalue weighted by Crippen LogP contribution is 2.08. The van der Waals surface area contributed by atoms with Crippen molar-refractivity contribution in [2.45, 2.75) is 25.9 Å². The van der Waals surface area contributed by atoms with Gasteiger partial charge in [0, 0.05) is 19.5 Å². The first-order chi connectivity index (χ1) is 9.06. The molecular weight excluding hydrogens is 250 g/mol. The molecule has 0 aromatic heterocycles. The van der Waals surface area contributed by atoms with E-state index < -0.39 is 12.1 Å². The predicted molar refractivity (Wildman–Crippen MR) is 66.4 cm³/mol. The minimum Gasteiger partial charge on any atom is -0.481 e. The maximum absolute atomic E-state index is 11.9. The van der Waals surface area contributed by atoms with Gasteiger partial charge in [-0.2, -0.15) is 5.26 Å². The number of hydrogen-bond donors (Lipinski definition) is 2. The lowest BCUT2D eigenvalue weighted by Crippen LogP contribution is -2.50. The fraction of sp³-hybridized carbons (Fsp3) is 0.750. The van der Waals surface area contributed by atoms with Gasteiger partial charge in [-0.1, -0.05) is 13.3 Å². The summed E-state index contributed by atoms with van der Waals surface area (Å²) in [6.07, 6.45) is 0.150. The number of carbonyl (C=O) groups is 2. The lowest BCUT2D eigenvalue weighted by Gasteiger charge is -2.30. The Bertz CT molecular complexity index is 366. The predicted octanol–water partition coefficient (Wildman–Crippen LogP) is 0.421. The van der Waals surface area contributed by atoms with Crippen LogP contribution < -0.4 is 5.32 Å². The molecule has 0 spiro atoms. The highest BCUT2D eigenvalue weighted by atomic mass is 16.5. The van der Waals surface area contributed by atoms with Crippen LogP contribution in [-0.4, -0.2) is 54.4 Å². The molecule has 2 N–H and O–H groups in total. The van der Waals surface area contributed by atoms with E-state index in [0.717, 1.165) is 0 Å². The van der Waals surface area contributed by atoms with E-state index >= 15 is 0 Å². The number of morpholine rings is 1. The third-order valence-electron chi connectivity index (χ3n) is 3.08. The van der Waals surface area contributed by atoms with E-state index in [1.165, 1.54) is 4.90 Å². The molecule has 1 aliphatic rings. The van der Waals surface area contributed by atoms with Crippen molar-refractivity contribution in [2.24, 2.45) is 5.92 Å². The highest BCUT2D eigenvalue weighted by molar-refractivity contribution is 5.74. The van der Waals surface area contributed by atoms with Crippen molar-refractivity contribution in [1.29, 1.82) is 5.26 Å². The quantitative estimate of drug-likeness (QED) is 0.753. The normalized spacial score (nSPS) is 20.4. The first kappa shape index (κ1) is 15.2. The Morgan fingerprint density at radius 2 is 2.37 bits per heavy atom. The highest BCUT2D eigenvalue weighted by Gasteiger charge is 2.24. The van der Waals surface area contributed by atoms with Crippen molar-refractivity contribution in [3.63, 3.8) is 0 Å². The summed E-state index contributed by atoms with van der Waals surface area (Å²) >= 11 is 0. The SMILES string of the molecule is CCC(CNC(=O)N1CCOC(C#N)C1)CC(=O)O. The average molecular weight is 269 g/mol. The molecular formula is C12H19N3O4. The van der Waals surface area contributed by atoms with Crippen LogP contribution in [0.5, 0.6) is 0 Å². The Balaban J connectivity index is 2.37. The summed E-state index contributed by atoms with van der Waals surface area (Å²) < 4.78 is 5.15. The molecule has 0 radical (unpaired) electrons. The molecule has 106 valence electrons. The van der Waals surface area contributed by atoms with Crippen molar-refractivity contribution < 1.29 is 19.4 Å². The van der Waals surface area contributed by atoms with Crippen LogP contribution >= 0.6 is 0 Å². The Hall–Kier alpha value is -1.81. The number of carbonyl (C=O) groups excluding carboxylic acids is 1. The Kier molecular flexibility index (Phi) is 6.09. The summed E-state index contributed by atoms with van der Waals surface area (Å²) in [6, 6.07) is 1.70. The van der Waals surface area contributed by atoms with Crippen LogP contribution in [0.2, 0.25) is 0 Å². The molecule has 2 unspecified atom stereocenters. The lowest BCUT2D eigenvalue weighted by molar-refractivity contribution is -0.138. The first-order valence-electron chi connectivity index (χ1n) is 6.32. The zero-order chi connectivity index (χ0) is 14.3. The summed E-state index contributed by atoms with van der Waals surface area (Å²) in [5.74, 6) is -0.939. The van der Waals surface area contributed by atoms with Crippen molar-refractivity contribution in [2.75, 3.05) is 26.2 Å². The molecule has 1 fully saturated rings. The summed E-state index contributed by atoms with van der Waals surface area (Å²) in [5, 5.41) is 20.2. The van der Waals surface area contributed by atoms with Gasteiger partial charge in [-0.05, 0) is 5.92 Å². The molecule has 0 aromatic carbocycles. The van der Waals surface area contributed by atoms with Crippen LogP contribution in [0.3, 0.4) is 0 Å². The Labute approximate surface area is 112 Å². The van der Waals surface area contributed by atoms with Gasteiger partial charge in [0.1, 0.15) is 0 Å². The van der Waals surface area contributed by atoms with Crippen LogP contribution in [0, 0.1) is 17.2 Å². The fourth-order valence-corrected chi connectivity index (χ4v) is 1.86. The summed E-state index contributed by atoms with van der Waals surface area (Å²) in [4.78, 5) is 24.0. The van der Waals surface area contributed by atoms with Gasteiger partial charge in [0.15, 0.2) is 6.10 Å². The number of amides is 2. The molecule has 19 heavy (non-hydrogen) atoms. The topological polar surface area (TPSA) is 103 Å². The smallest absolute Gasteiger partial charge is 0.317 e. The van der Waals surface area contributed by atoms with E-state index in [2.05, 4.69) is 5.32 Å². The van der Waals surface area contributed by atoms with Crippen LogP contribution in [0.15, 0.2) is 0 Å². The summed E-state index contributed by atoms with van der Waals surface area (Å²) in [5.41, 5.74) is 0. The number of nitriles is 1. The van der Waals surface area contributed by atoms with E-state index in [1.54, 1.807) is 0 Å². The van der Waals surface area contributed by atoms with Gasteiger partial charge in [0.05, 0.1) is 19.2 Å². The standard InChI is InChI=1S/C12H19N3O4/c1-2-9(5-11(16)17)7-14-12(18)15-3-4-19-10(6-13)8-15/h9-10H,2-5,7-8H2,1H3,(H,14,18)(H,16,17). The Morgan fingerprint density at radius 1 is 1.63 bits per heavy atom. The van der Waals surface area contributed by atoms with Crippen molar-refractivity contribution in [3.8, 4) is 6.07 Å². The largest absolute Gasteiger partial charge is 0.481 e. The van der Waals surface area contributed by atoms with Crippen LogP contribution in [0.1, 0.15) is 19.8 Å². The first-order valence-corrected chi connectivity index (χ1v) is 6.32. The number of nitrogens with zero attached hydrogens (tertiary/aromatic N) is 2. The number of hydrogen-bond acceptors (Lipinski definition) is 4. The van der Waals surface area contributed by atoms with E-state index in [4.69, 9.17) is 15.1 Å². The molecule has 1 aliphatic heterocycles. The molecule has 1 heterocycles. The number of aliphatic carboxylic acids is 1. The third-order valence-corrected chi connectivity index (χ3v) is 3.08. The molecule has 0 bridgehead atoms. The van der Waals surface area contributed by atoms with Gasteiger partial charge in [-0.3, -0.25) is 4.79 Å². The van der Waals surface area contributed by atoms with Crippen LogP contribution in [0.25, 0.3) is 0 Å². The second-order valence-corrected chi connectivity index (χ2v) is 4.49. The van der Waals surface area contributed by atoms with Gasteiger partial charge in [0.2, 0.25) is 0 Å². The molecule has 7 heteroatoms. The van der Waals surface area contributed by atoms with E-state index in [9.17, 15) is 9.59 Å². The minimum absolute atomic E-state index is 0.0424. The number of nitrogens with one attached hydrogen (secondary N) is 1. The average Bonchev–Trinajstić information content (AvgIpc) is 2.42. The van der Waals surface area contributed by atoms with Crippen molar-refractivity contribution in [3.05, 3.63) is 0 Å². The number of urea groups is 1. The lowest BCUT2D eigenvalue weighted by atomic mass is 10.0. The van der Waals surface area contributed by atoms with Gasteiger partial charge in [-0.15, -0.1) is 0 Å². The molecule has 7 nitrogen and oxygen atoms in total. The summed E-state index contributed by atoms with van der Waals surface area (Å²) in [6.45, 7) is 3.26. The monoisotopic (exact) mass is 269 g/mol. The molecule has 2 amide bonds. The van der Waals surface area contributed by atoms with Crippen molar-refractivity contribution in [1.82, 2.24) is 10.2 Å². The van der Waals surface area contributed by atoms with Crippen LogP contribution in [0.4, 0.5) is 4.79 Å². The van der Waals surface area contributed by atoms with Gasteiger partial charge in [0.25, 0.3) is 0 Å². The zero-order valence-corrected chi connectivity index (χ0v) is 11.0. The van der Waals surface area contributed by atoms with E-state index in [-0.39, 0.29) is 24.9 Å². The van der Waals surface area contributed by atoms with Gasteiger partial charge >= 0.3 is 12.0 Å². The zero-order valence-electron chi connectivity index (χ0n) is 11.0. The van der Waals surface area contributed by atoms with Crippen molar-refractivity contribution >= 4 is 12.0 Å². The molecule has 2 atom stereocenters. The number of rotatable bonds is 5. The molecule has 0 aromatic rings. The molecule has 0 aliphatic carbocycles. The fourth-order valence-electron chi connectivity index (χ4n) is 1.86. The van der Waals surface area contributed by atoms with Gasteiger partial charge in [-0.25, -0.2) is 4.79 Å². The molecule has 0 saturated carbocycles. The maximum atomic E-state index is 11.9. The maximum Gasteiger partial charge on any atom is 0.317 e. The van der Waals surface area contributed by atoms with Gasteiger partial charge < -0.3 is 20.1 Å². The molecule has 1 rings (SSSR count). The Morgan fingerprint density at radius 3 is 2.95 bits per heavy atom. The second-order valence-electron chi connectivity index (χ2n) is 4.49. The third kappa shape index (κ3) is 5.14. The van der Waals surface area contributed by atoms with E-state index in [1.807, 2.05) is 13.0 Å². The summed E-state index contributed by atoms with van der Waals surface area (Å²) in [7, 11) is 0. The second kappa shape index (κ2) is 7.59. The van der Waals surface area contributed by atoms with E-state index in [0.29, 0.717) is 26.1 Å². The number of ether oxygens (including phenoxy) is 1. The minimum atomic E-state index is -0.864. The number of carboxylic acids is 1. The van der Waals surface area contributed by atoms with Crippen LogP contribution in [-0.2, 0) is 9.53 Å².